The Morgan fingerprint density at radius 1 is 1.16 bits per heavy atom. The molecule has 2 rings (SSSR count). The number of anilines is 1. The van der Waals surface area contributed by atoms with Crippen molar-refractivity contribution in [3.8, 4) is 0 Å². The van der Waals surface area contributed by atoms with Gasteiger partial charge in [0.1, 0.15) is 0 Å². The molecule has 1 heterocycles. The Labute approximate surface area is 187 Å². The molecule has 2 amide bonds. The average molecular weight is 433 g/mol. The van der Waals surface area contributed by atoms with Gasteiger partial charge in [0.15, 0.2) is 5.96 Å². The number of pyridine rings is 1. The second kappa shape index (κ2) is 14.6. The lowest BCUT2D eigenvalue weighted by Crippen LogP contribution is -2.44. The smallest absolute Gasteiger partial charge is 0.341 e. The summed E-state index contributed by atoms with van der Waals surface area (Å²) in [6.07, 6.45) is 13.6. The van der Waals surface area contributed by atoms with Crippen LogP contribution >= 0.6 is 0 Å². The maximum absolute atomic E-state index is 12.5. The highest BCUT2D eigenvalue weighted by molar-refractivity contribution is 5.90. The zero-order chi connectivity index (χ0) is 22.3. The second-order valence-corrected chi connectivity index (χ2v) is 8.58. The first-order chi connectivity index (χ1) is 15.0. The number of urea groups is 1. The predicted molar refractivity (Wildman–Crippen MR) is 125 cm³/mol. The van der Waals surface area contributed by atoms with Gasteiger partial charge in [-0.1, -0.05) is 32.1 Å². The van der Waals surface area contributed by atoms with Crippen LogP contribution in [-0.4, -0.2) is 47.8 Å². The molecule has 0 aromatic carbocycles. The third kappa shape index (κ3) is 11.0. The van der Waals surface area contributed by atoms with Crippen molar-refractivity contribution in [2.45, 2.75) is 77.7 Å². The van der Waals surface area contributed by atoms with Crippen LogP contribution in [0.2, 0.25) is 0 Å². The van der Waals surface area contributed by atoms with Crippen LogP contribution in [0.15, 0.2) is 24.5 Å². The number of unbranched alkanes of at least 4 members (excludes halogenated alkanes) is 3. The van der Waals surface area contributed by atoms with Gasteiger partial charge in [-0.3, -0.25) is 15.2 Å². The quantitative estimate of drug-likeness (QED) is 0.168. The molecule has 0 bridgehead atoms. The Hall–Kier alpha value is -2.35. The molecular weight excluding hydrogens is 392 g/mol. The summed E-state index contributed by atoms with van der Waals surface area (Å²) >= 11 is 0. The Balaban J connectivity index is 1.59. The minimum atomic E-state index is -0.136. The maximum atomic E-state index is 12.5. The Morgan fingerprint density at radius 3 is 2.58 bits per heavy atom. The summed E-state index contributed by atoms with van der Waals surface area (Å²) in [5, 5.41) is 18.5. The zero-order valence-corrected chi connectivity index (χ0v) is 19.2. The summed E-state index contributed by atoms with van der Waals surface area (Å²) in [6, 6.07) is 3.61. The first-order valence-electron chi connectivity index (χ1n) is 11.7. The highest BCUT2D eigenvalue weighted by atomic mass is 16.7. The van der Waals surface area contributed by atoms with E-state index in [4.69, 9.17) is 10.2 Å². The van der Waals surface area contributed by atoms with Gasteiger partial charge in [-0.15, -0.1) is 0 Å². The number of guanidine groups is 1. The largest absolute Gasteiger partial charge is 0.356 e. The lowest BCUT2D eigenvalue weighted by molar-refractivity contribution is -0.133. The minimum absolute atomic E-state index is 0.0930. The van der Waals surface area contributed by atoms with Gasteiger partial charge in [0.25, 0.3) is 0 Å². The topological polar surface area (TPSA) is 102 Å². The molecule has 8 heteroatoms. The van der Waals surface area contributed by atoms with E-state index in [-0.39, 0.29) is 12.1 Å². The zero-order valence-electron chi connectivity index (χ0n) is 19.2. The Bertz CT molecular complexity index is 634. The number of carbonyl (C=O) groups is 1. The summed E-state index contributed by atoms with van der Waals surface area (Å²) in [5.74, 6) is 0.865. The van der Waals surface area contributed by atoms with E-state index in [9.17, 15) is 4.79 Å². The molecule has 0 unspecified atom stereocenters. The lowest BCUT2D eigenvalue weighted by Gasteiger charge is -2.27. The third-order valence-electron chi connectivity index (χ3n) is 5.37. The molecular formula is C23H40N6O2. The molecule has 0 radical (unpaired) electrons. The number of aromatic nitrogens is 1. The van der Waals surface area contributed by atoms with E-state index in [1.807, 2.05) is 26.0 Å². The molecule has 0 saturated heterocycles. The lowest BCUT2D eigenvalue weighted by atomic mass is 9.90. The number of nitrogens with one attached hydrogen (secondary N) is 4. The van der Waals surface area contributed by atoms with Crippen molar-refractivity contribution in [2.75, 3.05) is 25.0 Å². The van der Waals surface area contributed by atoms with Gasteiger partial charge in [-0.2, -0.15) is 0 Å². The number of hydrogen-bond acceptors (Lipinski definition) is 4. The van der Waals surface area contributed by atoms with Crippen molar-refractivity contribution < 1.29 is 9.63 Å². The molecule has 4 N–H and O–H groups in total. The van der Waals surface area contributed by atoms with Crippen LogP contribution in [0.3, 0.4) is 0 Å². The highest BCUT2D eigenvalue weighted by Crippen LogP contribution is 2.24. The maximum Gasteiger partial charge on any atom is 0.341 e. The van der Waals surface area contributed by atoms with Gasteiger partial charge >= 0.3 is 6.03 Å². The van der Waals surface area contributed by atoms with Crippen LogP contribution < -0.4 is 16.0 Å². The summed E-state index contributed by atoms with van der Waals surface area (Å²) in [6.45, 7) is 5.92. The van der Waals surface area contributed by atoms with E-state index < -0.39 is 0 Å². The normalized spacial score (nSPS) is 14.3. The van der Waals surface area contributed by atoms with Gasteiger partial charge in [0, 0.05) is 30.7 Å². The van der Waals surface area contributed by atoms with E-state index >= 15 is 0 Å². The van der Waals surface area contributed by atoms with Crippen LogP contribution in [0.25, 0.3) is 0 Å². The van der Waals surface area contributed by atoms with Crippen molar-refractivity contribution >= 4 is 17.7 Å². The van der Waals surface area contributed by atoms with Gasteiger partial charge in [0.2, 0.25) is 0 Å². The number of carbonyl (C=O) groups excluding carboxylic acids is 1. The van der Waals surface area contributed by atoms with Crippen molar-refractivity contribution in [1.29, 1.82) is 5.41 Å². The minimum Gasteiger partial charge on any atom is -0.356 e. The van der Waals surface area contributed by atoms with Crippen LogP contribution in [0.1, 0.15) is 71.6 Å². The van der Waals surface area contributed by atoms with Crippen LogP contribution in [0.5, 0.6) is 0 Å². The monoisotopic (exact) mass is 432 g/mol. The predicted octanol–water partition coefficient (Wildman–Crippen LogP) is 4.51. The first kappa shape index (κ1) is 24.9. The van der Waals surface area contributed by atoms with Crippen LogP contribution in [0, 0.1) is 11.3 Å². The molecule has 0 spiro atoms. The summed E-state index contributed by atoms with van der Waals surface area (Å²) in [4.78, 5) is 22.4. The number of nitrogens with zero attached hydrogens (tertiary/aromatic N) is 2. The van der Waals surface area contributed by atoms with Gasteiger partial charge < -0.3 is 16.0 Å². The molecule has 0 aliphatic heterocycles. The first-order valence-corrected chi connectivity index (χ1v) is 11.7. The van der Waals surface area contributed by atoms with Crippen molar-refractivity contribution in [3.63, 3.8) is 0 Å². The standard InChI is InChI=1S/C23H40N6O2/c1-19(2)27-23(30)29(31-18-20-10-6-5-7-11-20)17-9-4-3-8-14-26-22(24)28-21-12-15-25-16-13-21/h12-13,15-16,19-20H,3-11,14,17-18H2,1-2H3,(H,27,30)(H3,24,25,26,28). The molecule has 1 aliphatic carbocycles. The number of hydroxylamine groups is 2. The average Bonchev–Trinajstić information content (AvgIpc) is 2.76. The Morgan fingerprint density at radius 2 is 1.87 bits per heavy atom. The van der Waals surface area contributed by atoms with E-state index in [1.54, 1.807) is 12.4 Å². The highest BCUT2D eigenvalue weighted by Gasteiger charge is 2.19. The third-order valence-corrected chi connectivity index (χ3v) is 5.37. The van der Waals surface area contributed by atoms with Crippen molar-refractivity contribution in [2.24, 2.45) is 5.92 Å². The molecule has 174 valence electrons. The fourth-order valence-corrected chi connectivity index (χ4v) is 3.66. The number of hydrogen-bond donors (Lipinski definition) is 4. The van der Waals surface area contributed by atoms with Crippen molar-refractivity contribution in [1.82, 2.24) is 20.7 Å². The van der Waals surface area contributed by atoms with Crippen LogP contribution in [0.4, 0.5) is 10.5 Å². The van der Waals surface area contributed by atoms with Gasteiger partial charge in [-0.25, -0.2) is 9.86 Å². The number of rotatable bonds is 12. The molecule has 1 saturated carbocycles. The van der Waals surface area contributed by atoms with E-state index in [0.29, 0.717) is 25.0 Å². The number of amides is 2. The summed E-state index contributed by atoms with van der Waals surface area (Å²) in [5.41, 5.74) is 0.848. The fraction of sp³-hybridized carbons (Fsp3) is 0.696. The van der Waals surface area contributed by atoms with Gasteiger partial charge in [0.05, 0.1) is 13.2 Å². The molecule has 1 fully saturated rings. The molecule has 31 heavy (non-hydrogen) atoms. The van der Waals surface area contributed by atoms with E-state index in [2.05, 4.69) is 20.9 Å². The SMILES string of the molecule is CC(C)NC(=O)N(CCCCCCNC(=N)Nc1ccncc1)OCC1CCCCC1. The molecule has 8 nitrogen and oxygen atoms in total. The molecule has 1 aliphatic rings. The molecule has 1 aromatic heterocycles. The van der Waals surface area contributed by atoms with E-state index in [0.717, 1.165) is 37.9 Å². The van der Waals surface area contributed by atoms with Gasteiger partial charge in [-0.05, 0) is 57.6 Å². The summed E-state index contributed by atoms with van der Waals surface area (Å²) < 4.78 is 0. The summed E-state index contributed by atoms with van der Waals surface area (Å²) in [7, 11) is 0. The second-order valence-electron chi connectivity index (χ2n) is 8.58. The molecule has 1 aromatic rings. The van der Waals surface area contributed by atoms with E-state index in [1.165, 1.54) is 37.2 Å². The Kier molecular flexibility index (Phi) is 11.8. The molecule has 0 atom stereocenters. The fourth-order valence-electron chi connectivity index (χ4n) is 3.66. The van der Waals surface area contributed by atoms with Crippen molar-refractivity contribution in [3.05, 3.63) is 24.5 Å². The van der Waals surface area contributed by atoms with Crippen LogP contribution in [-0.2, 0) is 4.84 Å².